The molecule has 0 aliphatic carbocycles. The average molecular weight is 602 g/mol. The van der Waals surface area contributed by atoms with Crippen LogP contribution >= 0.6 is 45.8 Å². The van der Waals surface area contributed by atoms with Crippen molar-refractivity contribution in [2.75, 3.05) is 10.8 Å². The molecule has 166 valence electrons. The summed E-state index contributed by atoms with van der Waals surface area (Å²) in [6, 6.07) is 19.6. The first kappa shape index (κ1) is 24.5. The van der Waals surface area contributed by atoms with E-state index in [4.69, 9.17) is 23.2 Å². The van der Waals surface area contributed by atoms with Crippen molar-refractivity contribution in [3.8, 4) is 0 Å². The summed E-state index contributed by atoms with van der Waals surface area (Å²) in [7, 11) is -4.07. The fourth-order valence-electron chi connectivity index (χ4n) is 2.75. The lowest BCUT2D eigenvalue weighted by atomic mass is 10.1. The van der Waals surface area contributed by atoms with Crippen LogP contribution < -0.4 is 9.73 Å². The maximum Gasteiger partial charge on any atom is 0.264 e. The van der Waals surface area contributed by atoms with Crippen molar-refractivity contribution < 1.29 is 13.2 Å². The summed E-state index contributed by atoms with van der Waals surface area (Å²) in [6.45, 7) is 1.26. The van der Waals surface area contributed by atoms with E-state index in [2.05, 4.69) is 33.1 Å². The van der Waals surface area contributed by atoms with E-state index < -0.39 is 22.5 Å². The van der Waals surface area contributed by atoms with Gasteiger partial charge in [-0.1, -0.05) is 41.4 Å². The van der Waals surface area contributed by atoms with E-state index in [0.717, 1.165) is 13.4 Å². The van der Waals surface area contributed by atoms with Crippen molar-refractivity contribution in [3.05, 3.63) is 92.0 Å². The van der Waals surface area contributed by atoms with Gasteiger partial charge in [0.05, 0.1) is 16.3 Å². The summed E-state index contributed by atoms with van der Waals surface area (Å²) >= 11 is 14.1. The molecule has 3 aromatic carbocycles. The van der Waals surface area contributed by atoms with Crippen molar-refractivity contribution >= 4 is 73.1 Å². The van der Waals surface area contributed by atoms with Crippen LogP contribution in [0, 0.1) is 3.57 Å². The quantitative estimate of drug-likeness (QED) is 0.226. The van der Waals surface area contributed by atoms with Crippen molar-refractivity contribution in [1.29, 1.82) is 0 Å². The lowest BCUT2D eigenvalue weighted by molar-refractivity contribution is -0.119. The standard InChI is InChI=1S/C22H18Cl2IN3O3S/c1-15(16-5-9-19(25)10-6-16)26-27-22(29)14-28(20-4-2-3-18(24)13-20)32(30,31)21-11-7-17(23)8-12-21/h2-13H,14H2,1H3,(H,27,29)/b26-15-. The van der Waals surface area contributed by atoms with Gasteiger partial charge in [-0.3, -0.25) is 9.10 Å². The van der Waals surface area contributed by atoms with Crippen LogP contribution in [0.15, 0.2) is 82.8 Å². The Kier molecular flexibility index (Phi) is 8.16. The fourth-order valence-corrected chi connectivity index (χ4v) is 4.83. The Morgan fingerprint density at radius 1 is 1.00 bits per heavy atom. The van der Waals surface area contributed by atoms with Gasteiger partial charge in [0.2, 0.25) is 0 Å². The van der Waals surface area contributed by atoms with Gasteiger partial charge in [0.25, 0.3) is 15.9 Å². The van der Waals surface area contributed by atoms with Gasteiger partial charge in [-0.2, -0.15) is 5.10 Å². The van der Waals surface area contributed by atoms with Gasteiger partial charge in [-0.05, 0) is 89.7 Å². The third kappa shape index (κ3) is 6.22. The molecule has 0 fully saturated rings. The van der Waals surface area contributed by atoms with Crippen LogP contribution in [0.4, 0.5) is 5.69 Å². The van der Waals surface area contributed by atoms with Crippen LogP contribution in [0.2, 0.25) is 10.0 Å². The maximum absolute atomic E-state index is 13.3. The minimum Gasteiger partial charge on any atom is -0.271 e. The second-order valence-corrected chi connectivity index (χ2v) is 10.7. The molecule has 0 atom stereocenters. The van der Waals surface area contributed by atoms with Gasteiger partial charge < -0.3 is 0 Å². The number of benzene rings is 3. The summed E-state index contributed by atoms with van der Waals surface area (Å²) in [5, 5.41) is 4.84. The van der Waals surface area contributed by atoms with E-state index in [-0.39, 0.29) is 10.6 Å². The number of hydrogen-bond donors (Lipinski definition) is 1. The second kappa shape index (κ2) is 10.7. The summed E-state index contributed by atoms with van der Waals surface area (Å²) in [6.07, 6.45) is 0. The van der Waals surface area contributed by atoms with E-state index in [1.165, 1.54) is 30.3 Å². The first-order chi connectivity index (χ1) is 15.2. The number of nitrogens with zero attached hydrogens (tertiary/aromatic N) is 2. The number of nitrogens with one attached hydrogen (secondary N) is 1. The van der Waals surface area contributed by atoms with Gasteiger partial charge in [-0.15, -0.1) is 0 Å². The predicted octanol–water partition coefficient (Wildman–Crippen LogP) is 5.33. The topological polar surface area (TPSA) is 78.8 Å². The highest BCUT2D eigenvalue weighted by atomic mass is 127. The Morgan fingerprint density at radius 3 is 2.28 bits per heavy atom. The number of hydrazone groups is 1. The first-order valence-corrected chi connectivity index (χ1v) is 12.6. The van der Waals surface area contributed by atoms with Crippen molar-refractivity contribution in [2.24, 2.45) is 5.10 Å². The molecule has 0 aliphatic rings. The summed E-state index contributed by atoms with van der Waals surface area (Å²) in [5.74, 6) is -0.604. The number of carbonyl (C=O) groups excluding carboxylic acids is 1. The molecule has 0 heterocycles. The molecule has 10 heteroatoms. The van der Waals surface area contributed by atoms with Crippen LogP contribution in [-0.2, 0) is 14.8 Å². The summed E-state index contributed by atoms with van der Waals surface area (Å²) in [4.78, 5) is 12.6. The lowest BCUT2D eigenvalue weighted by Crippen LogP contribution is -2.39. The summed E-state index contributed by atoms with van der Waals surface area (Å²) < 4.78 is 28.7. The number of sulfonamides is 1. The molecule has 0 aromatic heterocycles. The third-order valence-electron chi connectivity index (χ3n) is 4.40. The Bertz CT molecular complexity index is 1250. The van der Waals surface area contributed by atoms with E-state index in [1.807, 2.05) is 24.3 Å². The second-order valence-electron chi connectivity index (χ2n) is 6.68. The Labute approximate surface area is 210 Å². The van der Waals surface area contributed by atoms with Gasteiger partial charge in [-0.25, -0.2) is 13.8 Å². The molecule has 0 bridgehead atoms. The first-order valence-electron chi connectivity index (χ1n) is 9.30. The molecule has 0 aliphatic heterocycles. The number of halogens is 3. The number of anilines is 1. The normalized spacial score (nSPS) is 11.8. The molecule has 0 unspecified atom stereocenters. The van der Waals surface area contributed by atoms with Crippen molar-refractivity contribution in [3.63, 3.8) is 0 Å². The minimum atomic E-state index is -4.07. The molecule has 3 rings (SSSR count). The Hall–Kier alpha value is -2.14. The molecule has 0 saturated heterocycles. The number of rotatable bonds is 7. The van der Waals surface area contributed by atoms with Crippen LogP contribution in [-0.4, -0.2) is 26.6 Å². The third-order valence-corrected chi connectivity index (χ3v) is 7.39. The largest absolute Gasteiger partial charge is 0.271 e. The molecule has 0 spiro atoms. The monoisotopic (exact) mass is 601 g/mol. The Balaban J connectivity index is 1.87. The molecule has 0 saturated carbocycles. The Morgan fingerprint density at radius 2 is 1.66 bits per heavy atom. The minimum absolute atomic E-state index is 0.00625. The molecule has 3 aromatic rings. The fraction of sp³-hybridized carbons (Fsp3) is 0.0909. The van der Waals surface area contributed by atoms with Gasteiger partial charge in [0.1, 0.15) is 6.54 Å². The van der Waals surface area contributed by atoms with E-state index >= 15 is 0 Å². The molecular formula is C22H18Cl2IN3O3S. The van der Waals surface area contributed by atoms with Crippen molar-refractivity contribution in [2.45, 2.75) is 11.8 Å². The van der Waals surface area contributed by atoms with Gasteiger partial charge in [0.15, 0.2) is 0 Å². The van der Waals surface area contributed by atoms with Crippen LogP contribution in [0.1, 0.15) is 12.5 Å². The number of carbonyl (C=O) groups is 1. The smallest absolute Gasteiger partial charge is 0.264 e. The van der Waals surface area contributed by atoms with Gasteiger partial charge >= 0.3 is 0 Å². The molecular weight excluding hydrogens is 584 g/mol. The highest BCUT2D eigenvalue weighted by molar-refractivity contribution is 14.1. The summed E-state index contributed by atoms with van der Waals surface area (Å²) in [5.41, 5.74) is 4.11. The molecule has 1 N–H and O–H groups in total. The van der Waals surface area contributed by atoms with Gasteiger partial charge in [0, 0.05) is 13.6 Å². The molecule has 1 amide bonds. The van der Waals surface area contributed by atoms with E-state index in [9.17, 15) is 13.2 Å². The predicted molar refractivity (Wildman–Crippen MR) is 137 cm³/mol. The van der Waals surface area contributed by atoms with E-state index in [0.29, 0.717) is 15.8 Å². The molecule has 6 nitrogen and oxygen atoms in total. The number of hydrogen-bond acceptors (Lipinski definition) is 4. The average Bonchev–Trinajstić information content (AvgIpc) is 2.76. The van der Waals surface area contributed by atoms with Crippen molar-refractivity contribution in [1.82, 2.24) is 5.43 Å². The highest BCUT2D eigenvalue weighted by Crippen LogP contribution is 2.26. The zero-order valence-corrected chi connectivity index (χ0v) is 21.3. The number of amides is 1. The van der Waals surface area contributed by atoms with Crippen LogP contribution in [0.3, 0.4) is 0 Å². The molecule has 32 heavy (non-hydrogen) atoms. The maximum atomic E-state index is 13.3. The SMILES string of the molecule is C/C(=N/NC(=O)CN(c1cccc(Cl)c1)S(=O)(=O)c1ccc(Cl)cc1)c1ccc(I)cc1. The van der Waals surface area contributed by atoms with Crippen LogP contribution in [0.5, 0.6) is 0 Å². The van der Waals surface area contributed by atoms with Crippen LogP contribution in [0.25, 0.3) is 0 Å². The zero-order chi connectivity index (χ0) is 23.3. The zero-order valence-electron chi connectivity index (χ0n) is 16.8. The lowest BCUT2D eigenvalue weighted by Gasteiger charge is -2.24. The molecule has 0 radical (unpaired) electrons. The van der Waals surface area contributed by atoms with E-state index in [1.54, 1.807) is 25.1 Å². The highest BCUT2D eigenvalue weighted by Gasteiger charge is 2.27.